The number of rotatable bonds is 6. The molecule has 0 aromatic heterocycles. The van der Waals surface area contributed by atoms with Gasteiger partial charge in [0.15, 0.2) is 0 Å². The van der Waals surface area contributed by atoms with Crippen LogP contribution in [0.3, 0.4) is 0 Å². The number of nitro benzene ring substituents is 1. The molecule has 0 unspecified atom stereocenters. The lowest BCUT2D eigenvalue weighted by Crippen LogP contribution is -2.32. The van der Waals surface area contributed by atoms with Crippen molar-refractivity contribution in [2.75, 3.05) is 32.1 Å². The average Bonchev–Trinajstić information content (AvgIpc) is 2.77. The fourth-order valence-corrected chi connectivity index (χ4v) is 3.53. The van der Waals surface area contributed by atoms with Crippen molar-refractivity contribution in [1.82, 2.24) is 10.2 Å². The van der Waals surface area contributed by atoms with E-state index in [4.69, 9.17) is 0 Å². The van der Waals surface area contributed by atoms with Crippen LogP contribution in [0.15, 0.2) is 42.5 Å². The highest BCUT2D eigenvalue weighted by atomic mass is 16.6. The van der Waals surface area contributed by atoms with Crippen LogP contribution in [0, 0.1) is 10.1 Å². The quantitative estimate of drug-likeness (QED) is 0.583. The summed E-state index contributed by atoms with van der Waals surface area (Å²) in [4.78, 5) is 39.2. The number of nitrogens with one attached hydrogen (secondary N) is 1. The SMILES string of the molecule is CN(C)C(=O)c1ccc(CNC(=O)c2cc([N+](=O)[O-])ccc2N2CCCCC2)cc1. The number of anilines is 1. The standard InChI is InChI=1S/C22H26N4O4/c1-24(2)22(28)17-8-6-16(7-9-17)15-23-21(27)19-14-18(26(29)30)10-11-20(19)25-12-4-3-5-13-25/h6-11,14H,3-5,12-13,15H2,1-2H3,(H,23,27). The molecule has 2 aromatic carbocycles. The highest BCUT2D eigenvalue weighted by molar-refractivity contribution is 6.00. The molecule has 3 rings (SSSR count). The summed E-state index contributed by atoms with van der Waals surface area (Å²) in [5.41, 5.74) is 2.34. The van der Waals surface area contributed by atoms with Crippen LogP contribution in [0.5, 0.6) is 0 Å². The second kappa shape index (κ2) is 9.39. The first-order valence-electron chi connectivity index (χ1n) is 9.99. The number of hydrogen-bond acceptors (Lipinski definition) is 5. The summed E-state index contributed by atoms with van der Waals surface area (Å²) in [6.07, 6.45) is 3.23. The molecule has 158 valence electrons. The lowest BCUT2D eigenvalue weighted by atomic mass is 10.1. The van der Waals surface area contributed by atoms with Gasteiger partial charge in [0.2, 0.25) is 0 Å². The molecule has 0 spiro atoms. The molecule has 0 atom stereocenters. The van der Waals surface area contributed by atoms with E-state index < -0.39 is 4.92 Å². The first kappa shape index (κ1) is 21.3. The lowest BCUT2D eigenvalue weighted by Gasteiger charge is -2.30. The second-order valence-corrected chi connectivity index (χ2v) is 7.59. The number of benzene rings is 2. The molecule has 1 aliphatic rings. The van der Waals surface area contributed by atoms with Gasteiger partial charge in [-0.05, 0) is 43.0 Å². The maximum absolute atomic E-state index is 12.9. The topological polar surface area (TPSA) is 95.8 Å². The van der Waals surface area contributed by atoms with Gasteiger partial charge in [-0.1, -0.05) is 12.1 Å². The van der Waals surface area contributed by atoms with Gasteiger partial charge >= 0.3 is 0 Å². The Balaban J connectivity index is 1.76. The van der Waals surface area contributed by atoms with E-state index in [2.05, 4.69) is 10.2 Å². The van der Waals surface area contributed by atoms with E-state index >= 15 is 0 Å². The van der Waals surface area contributed by atoms with Crippen molar-refractivity contribution in [3.8, 4) is 0 Å². The number of nitro groups is 1. The summed E-state index contributed by atoms with van der Waals surface area (Å²) in [5.74, 6) is -0.443. The van der Waals surface area contributed by atoms with Crippen LogP contribution < -0.4 is 10.2 Å². The zero-order chi connectivity index (χ0) is 21.7. The van der Waals surface area contributed by atoms with Gasteiger partial charge in [0, 0.05) is 51.4 Å². The van der Waals surface area contributed by atoms with Crippen molar-refractivity contribution in [2.45, 2.75) is 25.8 Å². The molecule has 1 N–H and O–H groups in total. The van der Waals surface area contributed by atoms with Gasteiger partial charge in [-0.15, -0.1) is 0 Å². The Hall–Kier alpha value is -3.42. The number of carbonyl (C=O) groups is 2. The third kappa shape index (κ3) is 4.94. The molecule has 8 nitrogen and oxygen atoms in total. The van der Waals surface area contributed by atoms with Crippen molar-refractivity contribution >= 4 is 23.2 Å². The van der Waals surface area contributed by atoms with Gasteiger partial charge in [-0.2, -0.15) is 0 Å². The van der Waals surface area contributed by atoms with E-state index in [0.29, 0.717) is 11.1 Å². The van der Waals surface area contributed by atoms with Gasteiger partial charge in [-0.3, -0.25) is 19.7 Å². The van der Waals surface area contributed by atoms with Crippen LogP contribution in [0.1, 0.15) is 45.5 Å². The lowest BCUT2D eigenvalue weighted by molar-refractivity contribution is -0.384. The molecule has 0 aliphatic carbocycles. The number of nitrogens with zero attached hydrogens (tertiary/aromatic N) is 3. The van der Waals surface area contributed by atoms with Crippen LogP contribution in [0.2, 0.25) is 0 Å². The van der Waals surface area contributed by atoms with E-state index in [1.165, 1.54) is 17.0 Å². The number of non-ortho nitro benzene ring substituents is 1. The predicted molar refractivity (Wildman–Crippen MR) is 115 cm³/mol. The smallest absolute Gasteiger partial charge is 0.270 e. The number of carbonyl (C=O) groups excluding carboxylic acids is 2. The summed E-state index contributed by atoms with van der Waals surface area (Å²) >= 11 is 0. The summed E-state index contributed by atoms with van der Waals surface area (Å²) < 4.78 is 0. The summed E-state index contributed by atoms with van der Waals surface area (Å²) in [6.45, 7) is 1.93. The number of piperidine rings is 1. The van der Waals surface area contributed by atoms with Gasteiger partial charge in [0.25, 0.3) is 17.5 Å². The summed E-state index contributed by atoms with van der Waals surface area (Å²) in [7, 11) is 3.38. The van der Waals surface area contributed by atoms with Gasteiger partial charge < -0.3 is 15.1 Å². The van der Waals surface area contributed by atoms with Crippen molar-refractivity contribution in [1.29, 1.82) is 0 Å². The monoisotopic (exact) mass is 410 g/mol. The fraction of sp³-hybridized carbons (Fsp3) is 0.364. The highest BCUT2D eigenvalue weighted by Gasteiger charge is 2.21. The molecular formula is C22H26N4O4. The van der Waals surface area contributed by atoms with E-state index in [1.807, 2.05) is 0 Å². The summed E-state index contributed by atoms with van der Waals surface area (Å²) in [6, 6.07) is 11.5. The molecule has 1 heterocycles. The first-order valence-corrected chi connectivity index (χ1v) is 9.99. The minimum Gasteiger partial charge on any atom is -0.371 e. The Bertz CT molecular complexity index is 935. The molecule has 0 bridgehead atoms. The second-order valence-electron chi connectivity index (χ2n) is 7.59. The minimum atomic E-state index is -0.489. The fourth-order valence-electron chi connectivity index (χ4n) is 3.53. The summed E-state index contributed by atoms with van der Waals surface area (Å²) in [5, 5.41) is 14.1. The normalized spacial score (nSPS) is 13.6. The molecular weight excluding hydrogens is 384 g/mol. The van der Waals surface area contributed by atoms with Crippen LogP contribution in [-0.2, 0) is 6.54 Å². The Labute approximate surface area is 175 Å². The molecule has 2 amide bonds. The predicted octanol–water partition coefficient (Wildman–Crippen LogP) is 3.22. The average molecular weight is 410 g/mol. The zero-order valence-corrected chi connectivity index (χ0v) is 17.3. The third-order valence-electron chi connectivity index (χ3n) is 5.19. The maximum atomic E-state index is 12.9. The Kier molecular flexibility index (Phi) is 6.66. The van der Waals surface area contributed by atoms with E-state index in [1.54, 1.807) is 44.4 Å². The van der Waals surface area contributed by atoms with Crippen molar-refractivity contribution in [3.63, 3.8) is 0 Å². The largest absolute Gasteiger partial charge is 0.371 e. The van der Waals surface area contributed by atoms with E-state index in [-0.39, 0.29) is 24.0 Å². The molecule has 1 fully saturated rings. The van der Waals surface area contributed by atoms with E-state index in [0.717, 1.165) is 43.6 Å². The van der Waals surface area contributed by atoms with E-state index in [9.17, 15) is 19.7 Å². The molecule has 1 aliphatic heterocycles. The van der Waals surface area contributed by atoms with Crippen molar-refractivity contribution in [3.05, 3.63) is 69.3 Å². The molecule has 2 aromatic rings. The molecule has 0 saturated carbocycles. The van der Waals surface area contributed by atoms with Gasteiger partial charge in [-0.25, -0.2) is 0 Å². The van der Waals surface area contributed by atoms with Crippen molar-refractivity contribution in [2.24, 2.45) is 0 Å². The number of amides is 2. The Morgan fingerprint density at radius 3 is 2.33 bits per heavy atom. The van der Waals surface area contributed by atoms with Crippen LogP contribution >= 0.6 is 0 Å². The minimum absolute atomic E-state index is 0.0895. The third-order valence-corrected chi connectivity index (χ3v) is 5.19. The van der Waals surface area contributed by atoms with Crippen LogP contribution in [0.4, 0.5) is 11.4 Å². The highest BCUT2D eigenvalue weighted by Crippen LogP contribution is 2.28. The molecule has 30 heavy (non-hydrogen) atoms. The Morgan fingerprint density at radius 1 is 1.07 bits per heavy atom. The Morgan fingerprint density at radius 2 is 1.73 bits per heavy atom. The maximum Gasteiger partial charge on any atom is 0.270 e. The van der Waals surface area contributed by atoms with Crippen LogP contribution in [0.25, 0.3) is 0 Å². The zero-order valence-electron chi connectivity index (χ0n) is 17.3. The molecule has 1 saturated heterocycles. The van der Waals surface area contributed by atoms with Gasteiger partial charge in [0.05, 0.1) is 16.2 Å². The van der Waals surface area contributed by atoms with Gasteiger partial charge in [0.1, 0.15) is 0 Å². The van der Waals surface area contributed by atoms with Crippen molar-refractivity contribution < 1.29 is 14.5 Å². The van der Waals surface area contributed by atoms with Crippen LogP contribution in [-0.4, -0.2) is 48.8 Å². The first-order chi connectivity index (χ1) is 14.4. The molecule has 8 heteroatoms. The molecule has 0 radical (unpaired) electrons. The number of hydrogen-bond donors (Lipinski definition) is 1.